The Morgan fingerprint density at radius 3 is 1.96 bits per heavy atom. The van der Waals surface area contributed by atoms with Gasteiger partial charge in [-0.15, -0.1) is 0 Å². The number of rotatable bonds is 9. The summed E-state index contributed by atoms with van der Waals surface area (Å²) in [5.74, 6) is 1.86. The summed E-state index contributed by atoms with van der Waals surface area (Å²) in [6, 6.07) is 10.3. The van der Waals surface area contributed by atoms with Gasteiger partial charge in [-0.3, -0.25) is 0 Å². The van der Waals surface area contributed by atoms with E-state index in [1.54, 1.807) is 33.5 Å². The maximum Gasteiger partial charge on any atom is 0.387 e. The van der Waals surface area contributed by atoms with E-state index in [1.165, 1.54) is 12.1 Å². The van der Waals surface area contributed by atoms with Crippen LogP contribution in [0.2, 0.25) is 0 Å². The highest BCUT2D eigenvalue weighted by atomic mass is 19.3. The number of alkyl halides is 2. The van der Waals surface area contributed by atoms with Crippen LogP contribution in [-0.2, 0) is 6.54 Å². The van der Waals surface area contributed by atoms with Gasteiger partial charge in [0.25, 0.3) is 0 Å². The van der Waals surface area contributed by atoms with Crippen molar-refractivity contribution >= 4 is 0 Å². The third-order valence-corrected chi connectivity index (χ3v) is 3.95. The van der Waals surface area contributed by atoms with E-state index in [9.17, 15) is 8.78 Å². The summed E-state index contributed by atoms with van der Waals surface area (Å²) >= 11 is 0. The first kappa shape index (κ1) is 19.8. The minimum Gasteiger partial charge on any atom is -0.493 e. The highest BCUT2D eigenvalue weighted by Crippen LogP contribution is 2.39. The zero-order valence-electron chi connectivity index (χ0n) is 15.2. The van der Waals surface area contributed by atoms with Gasteiger partial charge in [0.05, 0.1) is 21.3 Å². The van der Waals surface area contributed by atoms with Gasteiger partial charge in [-0.25, -0.2) is 0 Å². The molecule has 0 amide bonds. The van der Waals surface area contributed by atoms with Crippen LogP contribution < -0.4 is 24.3 Å². The van der Waals surface area contributed by atoms with E-state index >= 15 is 0 Å². The summed E-state index contributed by atoms with van der Waals surface area (Å²) in [6.07, 6.45) is 0. The van der Waals surface area contributed by atoms with Crippen LogP contribution in [0.15, 0.2) is 36.4 Å². The molecule has 0 aliphatic rings. The average Bonchev–Trinajstić information content (AvgIpc) is 2.65. The van der Waals surface area contributed by atoms with E-state index in [2.05, 4.69) is 10.1 Å². The molecule has 5 nitrogen and oxygen atoms in total. The molecule has 0 radical (unpaired) electrons. The van der Waals surface area contributed by atoms with Gasteiger partial charge in [0.15, 0.2) is 11.5 Å². The molecule has 0 aliphatic carbocycles. The van der Waals surface area contributed by atoms with Gasteiger partial charge < -0.3 is 24.3 Å². The largest absolute Gasteiger partial charge is 0.493 e. The molecule has 0 fully saturated rings. The molecule has 1 atom stereocenters. The predicted molar refractivity (Wildman–Crippen MR) is 94.4 cm³/mol. The van der Waals surface area contributed by atoms with Gasteiger partial charge in [0, 0.05) is 12.6 Å². The normalized spacial score (nSPS) is 12.0. The SMILES string of the molecule is COc1cc(C(C)NCc2ccc(OC(F)F)cc2)cc(OC)c1OC. The highest BCUT2D eigenvalue weighted by molar-refractivity contribution is 5.54. The molecule has 0 bridgehead atoms. The number of ether oxygens (including phenoxy) is 4. The lowest BCUT2D eigenvalue weighted by Gasteiger charge is -2.19. The van der Waals surface area contributed by atoms with Crippen LogP contribution in [0.5, 0.6) is 23.0 Å². The monoisotopic (exact) mass is 367 g/mol. The number of benzene rings is 2. The maximum absolute atomic E-state index is 12.2. The first-order valence-electron chi connectivity index (χ1n) is 8.05. The van der Waals surface area contributed by atoms with E-state index in [-0.39, 0.29) is 11.8 Å². The molecule has 1 unspecified atom stereocenters. The average molecular weight is 367 g/mol. The van der Waals surface area contributed by atoms with Crippen LogP contribution in [0.4, 0.5) is 8.78 Å². The molecule has 0 spiro atoms. The summed E-state index contributed by atoms with van der Waals surface area (Å²) in [7, 11) is 4.70. The number of methoxy groups -OCH3 is 3. The van der Waals surface area contributed by atoms with Crippen molar-refractivity contribution in [2.24, 2.45) is 0 Å². The number of hydrogen-bond acceptors (Lipinski definition) is 5. The van der Waals surface area contributed by atoms with Crippen LogP contribution in [0.25, 0.3) is 0 Å². The Balaban J connectivity index is 2.06. The Morgan fingerprint density at radius 2 is 1.50 bits per heavy atom. The second kappa shape index (κ2) is 9.24. The van der Waals surface area contributed by atoms with Crippen LogP contribution in [0.1, 0.15) is 24.1 Å². The molecule has 142 valence electrons. The van der Waals surface area contributed by atoms with E-state index in [1.807, 2.05) is 19.1 Å². The van der Waals surface area contributed by atoms with Crippen molar-refractivity contribution in [2.75, 3.05) is 21.3 Å². The second-order valence-electron chi connectivity index (χ2n) is 5.58. The summed E-state index contributed by atoms with van der Waals surface area (Å²) in [5.41, 5.74) is 1.92. The van der Waals surface area contributed by atoms with Crippen LogP contribution in [-0.4, -0.2) is 27.9 Å². The lowest BCUT2D eigenvalue weighted by atomic mass is 10.1. The van der Waals surface area contributed by atoms with Crippen molar-refractivity contribution in [3.05, 3.63) is 47.5 Å². The molecule has 7 heteroatoms. The Morgan fingerprint density at radius 1 is 0.923 bits per heavy atom. The summed E-state index contributed by atoms with van der Waals surface area (Å²) in [5, 5.41) is 3.37. The van der Waals surface area contributed by atoms with Gasteiger partial charge in [-0.1, -0.05) is 12.1 Å². The Bertz CT molecular complexity index is 682. The molecular weight excluding hydrogens is 344 g/mol. The Kier molecular flexibility index (Phi) is 7.03. The molecule has 2 aromatic rings. The fraction of sp³-hybridized carbons (Fsp3) is 0.368. The quantitative estimate of drug-likeness (QED) is 0.721. The first-order valence-corrected chi connectivity index (χ1v) is 8.05. The fourth-order valence-corrected chi connectivity index (χ4v) is 2.53. The van der Waals surface area contributed by atoms with Crippen LogP contribution >= 0.6 is 0 Å². The molecule has 0 saturated carbocycles. The van der Waals surface area contributed by atoms with Crippen LogP contribution in [0, 0.1) is 0 Å². The maximum atomic E-state index is 12.2. The van der Waals surface area contributed by atoms with Gasteiger partial charge in [0.1, 0.15) is 5.75 Å². The number of hydrogen-bond donors (Lipinski definition) is 1. The molecule has 0 heterocycles. The summed E-state index contributed by atoms with van der Waals surface area (Å²) in [4.78, 5) is 0. The molecule has 0 aromatic heterocycles. The Labute approximate surface area is 151 Å². The molecule has 2 aromatic carbocycles. The van der Waals surface area contributed by atoms with E-state index in [0.29, 0.717) is 23.8 Å². The minimum atomic E-state index is -2.82. The second-order valence-corrected chi connectivity index (χ2v) is 5.58. The first-order chi connectivity index (χ1) is 12.5. The highest BCUT2D eigenvalue weighted by Gasteiger charge is 2.16. The van der Waals surface area contributed by atoms with Gasteiger partial charge in [-0.2, -0.15) is 8.78 Å². The third kappa shape index (κ3) is 4.98. The van der Waals surface area contributed by atoms with Crippen molar-refractivity contribution in [1.29, 1.82) is 0 Å². The molecular formula is C19H23F2NO4. The van der Waals surface area contributed by atoms with Crippen molar-refractivity contribution in [3.63, 3.8) is 0 Å². The smallest absolute Gasteiger partial charge is 0.387 e. The minimum absolute atomic E-state index is 0.000645. The standard InChI is InChI=1S/C19H23F2NO4/c1-12(14-9-16(23-2)18(25-4)17(10-14)24-3)22-11-13-5-7-15(8-6-13)26-19(20)21/h5-10,12,19,22H,11H2,1-4H3. The van der Waals surface area contributed by atoms with E-state index in [0.717, 1.165) is 11.1 Å². The van der Waals surface area contributed by atoms with Crippen molar-refractivity contribution in [3.8, 4) is 23.0 Å². The molecule has 2 rings (SSSR count). The molecule has 26 heavy (non-hydrogen) atoms. The number of nitrogens with one attached hydrogen (secondary N) is 1. The van der Waals surface area contributed by atoms with Crippen molar-refractivity contribution in [2.45, 2.75) is 26.1 Å². The zero-order chi connectivity index (χ0) is 19.1. The lowest BCUT2D eigenvalue weighted by Crippen LogP contribution is -2.18. The zero-order valence-corrected chi connectivity index (χ0v) is 15.2. The number of halogens is 2. The van der Waals surface area contributed by atoms with E-state index < -0.39 is 6.61 Å². The van der Waals surface area contributed by atoms with Crippen LogP contribution in [0.3, 0.4) is 0 Å². The topological polar surface area (TPSA) is 49.0 Å². The summed E-state index contributed by atoms with van der Waals surface area (Å²) < 4.78 is 44.8. The lowest BCUT2D eigenvalue weighted by molar-refractivity contribution is -0.0498. The van der Waals surface area contributed by atoms with Crippen molar-refractivity contribution in [1.82, 2.24) is 5.32 Å². The van der Waals surface area contributed by atoms with Crippen molar-refractivity contribution < 1.29 is 27.7 Å². The predicted octanol–water partition coefficient (Wildman–Crippen LogP) is 4.16. The fourth-order valence-electron chi connectivity index (χ4n) is 2.53. The van der Waals surface area contributed by atoms with Gasteiger partial charge in [0.2, 0.25) is 5.75 Å². The van der Waals surface area contributed by atoms with E-state index in [4.69, 9.17) is 14.2 Å². The molecule has 1 N–H and O–H groups in total. The van der Waals surface area contributed by atoms with Gasteiger partial charge in [-0.05, 0) is 42.3 Å². The van der Waals surface area contributed by atoms with Gasteiger partial charge >= 0.3 is 6.61 Å². The molecule has 0 aliphatic heterocycles. The summed E-state index contributed by atoms with van der Waals surface area (Å²) in [6.45, 7) is -0.249. The Hall–Kier alpha value is -2.54. The molecule has 0 saturated heterocycles. The third-order valence-electron chi connectivity index (χ3n) is 3.95.